The van der Waals surface area contributed by atoms with Gasteiger partial charge in [-0.15, -0.1) is 17.9 Å². The first-order valence-electron chi connectivity index (χ1n) is 21.1. The summed E-state index contributed by atoms with van der Waals surface area (Å²) >= 11 is 1.48. The van der Waals surface area contributed by atoms with Crippen LogP contribution in [0.5, 0.6) is 11.5 Å². The van der Waals surface area contributed by atoms with E-state index in [9.17, 15) is 27.6 Å². The van der Waals surface area contributed by atoms with E-state index in [1.54, 1.807) is 7.11 Å². The lowest BCUT2D eigenvalue weighted by molar-refractivity contribution is -0.148. The van der Waals surface area contributed by atoms with E-state index in [1.165, 1.54) is 22.3 Å². The van der Waals surface area contributed by atoms with Gasteiger partial charge in [-0.25, -0.2) is 18.4 Å². The van der Waals surface area contributed by atoms with Crippen LogP contribution < -0.4 is 19.5 Å². The second-order valence-corrected chi connectivity index (χ2v) is 21.1. The maximum Gasteiger partial charge on any atom is 0.259 e. The second-order valence-electron chi connectivity index (χ2n) is 18.3. The third kappa shape index (κ3) is 8.77. The van der Waals surface area contributed by atoms with Gasteiger partial charge in [0.1, 0.15) is 39.9 Å². The van der Waals surface area contributed by atoms with E-state index in [1.807, 2.05) is 56.2 Å². The van der Waals surface area contributed by atoms with Crippen LogP contribution in [0, 0.1) is 24.2 Å². The summed E-state index contributed by atoms with van der Waals surface area (Å²) in [7, 11) is -2.31. The minimum atomic E-state index is -3.91. The molecule has 60 heavy (non-hydrogen) atoms. The molecule has 2 aliphatic carbocycles. The number of ether oxygens (including phenoxy) is 2. The van der Waals surface area contributed by atoms with Gasteiger partial charge in [-0.3, -0.25) is 23.9 Å². The Bertz CT molecular complexity index is 2290. The van der Waals surface area contributed by atoms with Crippen molar-refractivity contribution >= 4 is 55.9 Å². The Labute approximate surface area is 356 Å². The van der Waals surface area contributed by atoms with E-state index in [0.29, 0.717) is 59.0 Å². The molecule has 4 aliphatic rings. The Morgan fingerprint density at radius 2 is 1.80 bits per heavy atom. The number of carbonyl (C=O) groups is 4. The first-order valence-corrected chi connectivity index (χ1v) is 23.5. The number of aromatic nitrogens is 2. The lowest BCUT2D eigenvalue weighted by atomic mass is 9.77. The number of hydrogen-bond donors (Lipinski definition) is 2. The summed E-state index contributed by atoms with van der Waals surface area (Å²) in [5.41, 5.74) is 0.818. The Morgan fingerprint density at radius 1 is 1.08 bits per heavy atom. The fourth-order valence-corrected chi connectivity index (χ4v) is 10.8. The highest BCUT2D eigenvalue weighted by atomic mass is 32.2. The first kappa shape index (κ1) is 43.5. The molecule has 4 heterocycles. The van der Waals surface area contributed by atoms with Crippen molar-refractivity contribution in [2.75, 3.05) is 26.7 Å². The Morgan fingerprint density at radius 3 is 2.40 bits per heavy atom. The van der Waals surface area contributed by atoms with Gasteiger partial charge in [0.25, 0.3) is 5.91 Å². The fraction of sp³-hybridized carbons (Fsp3) is 0.591. The lowest BCUT2D eigenvalue weighted by Gasteiger charge is -2.36. The van der Waals surface area contributed by atoms with E-state index in [2.05, 4.69) is 30.5 Å². The van der Waals surface area contributed by atoms with E-state index in [-0.39, 0.29) is 43.5 Å². The summed E-state index contributed by atoms with van der Waals surface area (Å²) in [6, 6.07) is 4.46. The average molecular weight is 863 g/mol. The van der Waals surface area contributed by atoms with Crippen LogP contribution in [0.4, 0.5) is 0 Å². The Hall–Kier alpha value is -4.57. The zero-order chi connectivity index (χ0) is 43.3. The Balaban J connectivity index is 1.23. The van der Waals surface area contributed by atoms with Gasteiger partial charge in [0, 0.05) is 54.2 Å². The summed E-state index contributed by atoms with van der Waals surface area (Å²) in [5.74, 6) is -1.82. The van der Waals surface area contributed by atoms with E-state index >= 15 is 0 Å². The van der Waals surface area contributed by atoms with E-state index in [0.717, 1.165) is 30.5 Å². The van der Waals surface area contributed by atoms with E-state index < -0.39 is 62.0 Å². The van der Waals surface area contributed by atoms with Crippen LogP contribution in [0.1, 0.15) is 103 Å². The molecule has 2 aromatic heterocycles. The van der Waals surface area contributed by atoms with Crippen LogP contribution in [0.3, 0.4) is 0 Å². The number of pyridine rings is 1. The number of thiazole rings is 1. The number of amides is 4. The van der Waals surface area contributed by atoms with Crippen molar-refractivity contribution in [3.8, 4) is 22.2 Å². The van der Waals surface area contributed by atoms with Crippen LogP contribution in [0.2, 0.25) is 0 Å². The topological polar surface area (TPSA) is 177 Å². The van der Waals surface area contributed by atoms with Crippen LogP contribution in [0.15, 0.2) is 36.2 Å². The molecule has 0 spiro atoms. The molecule has 16 heteroatoms. The minimum absolute atomic E-state index is 0.0184. The van der Waals surface area contributed by atoms with E-state index in [4.69, 9.17) is 19.4 Å². The van der Waals surface area contributed by atoms with Crippen LogP contribution in [-0.4, -0.2) is 101 Å². The number of benzene rings is 1. The maximum absolute atomic E-state index is 15.0. The number of methoxy groups -OCH3 is 1. The number of nitrogens with zero attached hydrogens (tertiary/aromatic N) is 4. The van der Waals surface area contributed by atoms with Crippen LogP contribution >= 0.6 is 11.3 Å². The number of rotatable bonds is 14. The molecular weight excluding hydrogens is 805 g/mol. The maximum atomic E-state index is 15.0. The molecule has 2 aliphatic heterocycles. The quantitative estimate of drug-likeness (QED) is 0.186. The number of carbonyl (C=O) groups excluding carboxylic acids is 4. The highest BCUT2D eigenvalue weighted by Crippen LogP contribution is 2.46. The third-order valence-electron chi connectivity index (χ3n) is 12.5. The van der Waals surface area contributed by atoms with Crippen molar-refractivity contribution in [1.29, 1.82) is 0 Å². The second kappa shape index (κ2) is 16.7. The predicted molar refractivity (Wildman–Crippen MR) is 230 cm³/mol. The zero-order valence-electron chi connectivity index (χ0n) is 35.7. The summed E-state index contributed by atoms with van der Waals surface area (Å²) in [4.78, 5) is 70.2. The van der Waals surface area contributed by atoms with Crippen molar-refractivity contribution in [2.24, 2.45) is 17.3 Å². The molecule has 4 fully saturated rings. The number of aryl methyl sites for hydroxylation is 1. The summed E-state index contributed by atoms with van der Waals surface area (Å²) in [6.07, 6.45) is 4.85. The van der Waals surface area contributed by atoms with Gasteiger partial charge in [0.15, 0.2) is 0 Å². The molecule has 3 aromatic rings. The number of likely N-dealkylation sites (tertiary alicyclic amines) is 2. The van der Waals surface area contributed by atoms with Gasteiger partial charge in [0.2, 0.25) is 27.7 Å². The minimum Gasteiger partial charge on any atom is -0.496 e. The molecule has 7 rings (SSSR count). The predicted octanol–water partition coefficient (Wildman–Crippen LogP) is 5.88. The third-order valence-corrected chi connectivity index (χ3v) is 15.2. The normalized spacial score (nSPS) is 23.6. The van der Waals surface area contributed by atoms with Crippen molar-refractivity contribution in [2.45, 2.75) is 122 Å². The van der Waals surface area contributed by atoms with Crippen molar-refractivity contribution in [3.05, 3.63) is 47.5 Å². The molecule has 2 N–H and O–H groups in total. The molecule has 2 saturated carbocycles. The summed E-state index contributed by atoms with van der Waals surface area (Å²) in [6.45, 7) is 17.0. The molecule has 4 amide bonds. The monoisotopic (exact) mass is 862 g/mol. The highest BCUT2D eigenvalue weighted by Gasteiger charge is 2.62. The van der Waals surface area contributed by atoms with Gasteiger partial charge >= 0.3 is 0 Å². The smallest absolute Gasteiger partial charge is 0.259 e. The van der Waals surface area contributed by atoms with Gasteiger partial charge in [-0.1, -0.05) is 40.7 Å². The molecule has 14 nitrogen and oxygen atoms in total. The van der Waals surface area contributed by atoms with Crippen molar-refractivity contribution in [3.63, 3.8) is 0 Å². The van der Waals surface area contributed by atoms with Gasteiger partial charge < -0.3 is 24.6 Å². The molecule has 5 atom stereocenters. The fourth-order valence-electron chi connectivity index (χ4n) is 8.46. The number of hydrogen-bond acceptors (Lipinski definition) is 11. The first-order chi connectivity index (χ1) is 28.4. The molecule has 0 bridgehead atoms. The average Bonchev–Trinajstić information content (AvgIpc) is 4.09. The zero-order valence-corrected chi connectivity index (χ0v) is 37.3. The molecule has 2 saturated heterocycles. The van der Waals surface area contributed by atoms with Gasteiger partial charge in [0.05, 0.1) is 36.0 Å². The number of fused-ring (bicyclic) bond motifs is 1. The number of sulfonamides is 1. The SMILES string of the molecule is C=C[C@@H]1CC1(NC(=O)[C@@H]1C[C@@H](Oc2cc(-c3nc(C(C)C)cs3)nc3c(C)c(OC)ccc23)CN1C(=O)C(CC(=O)N1CCCCC1)C(C)(C)C)C(=O)NS(=O)(=O)C1CC1. The number of piperidine rings is 1. The summed E-state index contributed by atoms with van der Waals surface area (Å²) < 4.78 is 40.4. The molecule has 324 valence electrons. The largest absolute Gasteiger partial charge is 0.496 e. The molecular formula is C44H58N6O8S2. The highest BCUT2D eigenvalue weighted by molar-refractivity contribution is 7.91. The lowest BCUT2D eigenvalue weighted by Crippen LogP contribution is -2.57. The summed E-state index contributed by atoms with van der Waals surface area (Å²) in [5, 5.41) is 5.68. The van der Waals surface area contributed by atoms with Crippen molar-refractivity contribution < 1.29 is 37.1 Å². The van der Waals surface area contributed by atoms with Gasteiger partial charge in [-0.2, -0.15) is 0 Å². The standard InChI is InChI=1S/C44H58N6O8S2/c1-9-27-22-44(27,42(54)48-60(55,56)29-13-14-29)47-39(52)34-19-28(23-50(34)41(53)31(43(5,6)7)20-37(51)49-17-11-10-12-18-49)58-36-21-32(40-46-33(24-59-40)25(2)3)45-38-26(4)35(57-8)16-15-30(36)38/h9,15-16,21,24-25,27-29,31,34H,1,10-14,17-20,22-23H2,2-8H3,(H,47,52)(H,48,54)/t27-,28-,31?,34+,44?/m1/s1. The van der Waals surface area contributed by atoms with Crippen LogP contribution in [-0.2, 0) is 29.2 Å². The molecule has 0 radical (unpaired) electrons. The number of nitrogens with one attached hydrogen (secondary N) is 2. The van der Waals surface area contributed by atoms with Gasteiger partial charge in [-0.05, 0) is 68.9 Å². The Kier molecular flexibility index (Phi) is 12.1. The molecule has 2 unspecified atom stereocenters. The van der Waals surface area contributed by atoms with Crippen LogP contribution in [0.25, 0.3) is 21.6 Å². The van der Waals surface area contributed by atoms with Crippen molar-refractivity contribution in [1.82, 2.24) is 29.8 Å². The molecule has 1 aromatic carbocycles.